The molecule has 2 unspecified atom stereocenters. The number of alkyl halides is 3. The Morgan fingerprint density at radius 1 is 1.20 bits per heavy atom. The SMILES string of the molecule is COc1ccc(Br)c(CC2CCN(CCCC3CCCN(C(=O)C(F)(F)F)C3)C2)c1. The van der Waals surface area contributed by atoms with Gasteiger partial charge in [0.25, 0.3) is 0 Å². The third-order valence-electron chi connectivity index (χ3n) is 6.27. The summed E-state index contributed by atoms with van der Waals surface area (Å²) in [6.45, 7) is 3.55. The zero-order valence-electron chi connectivity index (χ0n) is 17.4. The van der Waals surface area contributed by atoms with Gasteiger partial charge in [-0.05, 0) is 87.2 Å². The summed E-state index contributed by atoms with van der Waals surface area (Å²) in [7, 11) is 1.68. The van der Waals surface area contributed by atoms with Crippen molar-refractivity contribution in [1.82, 2.24) is 9.80 Å². The number of nitrogens with zero attached hydrogens (tertiary/aromatic N) is 2. The van der Waals surface area contributed by atoms with E-state index in [-0.39, 0.29) is 19.0 Å². The van der Waals surface area contributed by atoms with E-state index in [1.807, 2.05) is 12.1 Å². The molecule has 0 aliphatic carbocycles. The van der Waals surface area contributed by atoms with E-state index in [9.17, 15) is 18.0 Å². The third kappa shape index (κ3) is 6.36. The van der Waals surface area contributed by atoms with Crippen LogP contribution >= 0.6 is 15.9 Å². The minimum atomic E-state index is -4.76. The Balaban J connectivity index is 1.40. The van der Waals surface area contributed by atoms with Gasteiger partial charge in [0.05, 0.1) is 7.11 Å². The molecule has 0 aromatic heterocycles. The van der Waals surface area contributed by atoms with Crippen LogP contribution in [0.2, 0.25) is 0 Å². The highest BCUT2D eigenvalue weighted by molar-refractivity contribution is 9.10. The minimum Gasteiger partial charge on any atom is -0.497 e. The molecule has 2 fully saturated rings. The third-order valence-corrected chi connectivity index (χ3v) is 7.04. The first kappa shape index (κ1) is 23.4. The highest BCUT2D eigenvalue weighted by Crippen LogP contribution is 2.29. The Bertz CT molecular complexity index is 729. The van der Waals surface area contributed by atoms with Crippen molar-refractivity contribution in [2.24, 2.45) is 11.8 Å². The molecule has 0 bridgehead atoms. The summed E-state index contributed by atoms with van der Waals surface area (Å²) < 4.78 is 44.4. The maximum atomic E-state index is 12.7. The van der Waals surface area contributed by atoms with Crippen LogP contribution in [0.25, 0.3) is 0 Å². The first-order chi connectivity index (χ1) is 14.3. The van der Waals surface area contributed by atoms with Crippen molar-refractivity contribution in [3.05, 3.63) is 28.2 Å². The molecule has 1 aromatic rings. The zero-order chi connectivity index (χ0) is 21.7. The lowest BCUT2D eigenvalue weighted by Crippen LogP contribution is -2.46. The van der Waals surface area contributed by atoms with Gasteiger partial charge in [-0.1, -0.05) is 15.9 Å². The molecule has 2 atom stereocenters. The average Bonchev–Trinajstić information content (AvgIpc) is 3.16. The molecule has 2 aliphatic rings. The van der Waals surface area contributed by atoms with E-state index in [1.165, 1.54) is 5.56 Å². The molecule has 0 saturated carbocycles. The maximum Gasteiger partial charge on any atom is 0.471 e. The number of carbonyl (C=O) groups is 1. The topological polar surface area (TPSA) is 32.8 Å². The second-order valence-electron chi connectivity index (χ2n) is 8.52. The van der Waals surface area contributed by atoms with Crippen molar-refractivity contribution in [3.8, 4) is 5.75 Å². The molecule has 3 rings (SSSR count). The van der Waals surface area contributed by atoms with Crippen molar-refractivity contribution in [2.45, 2.75) is 44.7 Å². The van der Waals surface area contributed by atoms with E-state index in [0.29, 0.717) is 12.3 Å². The number of benzene rings is 1. The quantitative estimate of drug-likeness (QED) is 0.544. The van der Waals surface area contributed by atoms with E-state index < -0.39 is 12.1 Å². The molecule has 2 heterocycles. The van der Waals surface area contributed by atoms with Crippen LogP contribution in [0.3, 0.4) is 0 Å². The lowest BCUT2D eigenvalue weighted by molar-refractivity contribution is -0.187. The molecule has 2 aliphatic heterocycles. The number of carbonyl (C=O) groups excluding carboxylic acids is 1. The fraction of sp³-hybridized carbons (Fsp3) is 0.682. The largest absolute Gasteiger partial charge is 0.497 e. The van der Waals surface area contributed by atoms with Gasteiger partial charge in [-0.15, -0.1) is 0 Å². The minimum absolute atomic E-state index is 0.177. The zero-order valence-corrected chi connectivity index (χ0v) is 19.0. The van der Waals surface area contributed by atoms with Crippen LogP contribution in [-0.4, -0.2) is 61.7 Å². The van der Waals surface area contributed by atoms with Crippen molar-refractivity contribution >= 4 is 21.8 Å². The number of hydrogen-bond donors (Lipinski definition) is 0. The molecule has 1 aromatic carbocycles. The van der Waals surface area contributed by atoms with Crippen LogP contribution in [-0.2, 0) is 11.2 Å². The van der Waals surface area contributed by atoms with Crippen LogP contribution in [0.5, 0.6) is 5.75 Å². The Morgan fingerprint density at radius 2 is 2.00 bits per heavy atom. The Kier molecular flexibility index (Phi) is 8.07. The van der Waals surface area contributed by atoms with E-state index in [2.05, 4.69) is 26.9 Å². The molecule has 30 heavy (non-hydrogen) atoms. The monoisotopic (exact) mass is 490 g/mol. The molecular formula is C22H30BrF3N2O2. The Hall–Kier alpha value is -1.28. The predicted octanol–water partition coefficient (Wildman–Crippen LogP) is 4.90. The maximum absolute atomic E-state index is 12.7. The van der Waals surface area contributed by atoms with Crippen LogP contribution in [0.1, 0.15) is 37.7 Å². The van der Waals surface area contributed by atoms with Gasteiger partial charge >= 0.3 is 12.1 Å². The predicted molar refractivity (Wildman–Crippen MR) is 114 cm³/mol. The summed E-state index contributed by atoms with van der Waals surface area (Å²) in [6.07, 6.45) is 0.816. The van der Waals surface area contributed by atoms with E-state index in [0.717, 1.165) is 66.9 Å². The number of halogens is 4. The Labute approximate surface area is 184 Å². The normalized spacial score (nSPS) is 23.0. The fourth-order valence-corrected chi connectivity index (χ4v) is 5.10. The fourth-order valence-electron chi connectivity index (χ4n) is 4.70. The molecule has 4 nitrogen and oxygen atoms in total. The lowest BCUT2D eigenvalue weighted by atomic mass is 9.93. The molecule has 0 N–H and O–H groups in total. The van der Waals surface area contributed by atoms with Crippen LogP contribution in [0.4, 0.5) is 13.2 Å². The summed E-state index contributed by atoms with van der Waals surface area (Å²) in [5, 5.41) is 0. The van der Waals surface area contributed by atoms with Gasteiger partial charge in [-0.3, -0.25) is 4.79 Å². The smallest absolute Gasteiger partial charge is 0.471 e. The van der Waals surface area contributed by atoms with Crippen LogP contribution in [0, 0.1) is 11.8 Å². The van der Waals surface area contributed by atoms with E-state index >= 15 is 0 Å². The van der Waals surface area contributed by atoms with Gasteiger partial charge in [0, 0.05) is 24.1 Å². The van der Waals surface area contributed by atoms with Gasteiger partial charge in [0.2, 0.25) is 0 Å². The van der Waals surface area contributed by atoms with Crippen LogP contribution in [0.15, 0.2) is 22.7 Å². The number of likely N-dealkylation sites (tertiary alicyclic amines) is 2. The van der Waals surface area contributed by atoms with Crippen molar-refractivity contribution in [3.63, 3.8) is 0 Å². The molecule has 2 saturated heterocycles. The van der Waals surface area contributed by atoms with Gasteiger partial charge in [-0.25, -0.2) is 0 Å². The molecule has 0 spiro atoms. The second kappa shape index (κ2) is 10.4. The van der Waals surface area contributed by atoms with Gasteiger partial charge in [-0.2, -0.15) is 13.2 Å². The van der Waals surface area contributed by atoms with Gasteiger partial charge in [0.1, 0.15) is 5.75 Å². The Morgan fingerprint density at radius 3 is 2.73 bits per heavy atom. The van der Waals surface area contributed by atoms with E-state index in [1.54, 1.807) is 7.11 Å². The van der Waals surface area contributed by atoms with Gasteiger partial charge < -0.3 is 14.5 Å². The lowest BCUT2D eigenvalue weighted by Gasteiger charge is -2.33. The second-order valence-corrected chi connectivity index (χ2v) is 9.37. The average molecular weight is 491 g/mol. The molecule has 1 amide bonds. The summed E-state index contributed by atoms with van der Waals surface area (Å²) in [5.74, 6) is -0.0361. The number of methoxy groups -OCH3 is 1. The first-order valence-electron chi connectivity index (χ1n) is 10.7. The number of hydrogen-bond acceptors (Lipinski definition) is 3. The van der Waals surface area contributed by atoms with Crippen molar-refractivity contribution in [2.75, 3.05) is 39.8 Å². The standard InChI is InChI=1S/C22H30BrF3N2O2/c1-30-19-6-7-20(23)18(13-19)12-17-8-11-27(14-17)9-2-4-16-5-3-10-28(15-16)21(29)22(24,25)26/h6-7,13,16-17H,2-5,8-12,14-15H2,1H3. The highest BCUT2D eigenvalue weighted by Gasteiger charge is 2.43. The molecule has 0 radical (unpaired) electrons. The van der Waals surface area contributed by atoms with E-state index in [4.69, 9.17) is 4.74 Å². The van der Waals surface area contributed by atoms with Crippen molar-refractivity contribution in [1.29, 1.82) is 0 Å². The number of rotatable bonds is 7. The van der Waals surface area contributed by atoms with Crippen molar-refractivity contribution < 1.29 is 22.7 Å². The molecule has 168 valence electrons. The number of amides is 1. The highest BCUT2D eigenvalue weighted by atomic mass is 79.9. The molecular weight excluding hydrogens is 461 g/mol. The van der Waals surface area contributed by atoms with Gasteiger partial charge in [0.15, 0.2) is 0 Å². The summed E-state index contributed by atoms with van der Waals surface area (Å²) in [6, 6.07) is 6.06. The summed E-state index contributed by atoms with van der Waals surface area (Å²) in [5.41, 5.74) is 1.26. The van der Waals surface area contributed by atoms with Crippen LogP contribution < -0.4 is 4.74 Å². The summed E-state index contributed by atoms with van der Waals surface area (Å²) in [4.78, 5) is 14.9. The molecule has 8 heteroatoms. The summed E-state index contributed by atoms with van der Waals surface area (Å²) >= 11 is 3.63. The number of piperidine rings is 1. The first-order valence-corrected chi connectivity index (χ1v) is 11.5. The number of ether oxygens (including phenoxy) is 1.